The van der Waals surface area contributed by atoms with E-state index in [1.807, 2.05) is 36.4 Å². The third-order valence-electron chi connectivity index (χ3n) is 3.25. The summed E-state index contributed by atoms with van der Waals surface area (Å²) in [6.07, 6.45) is 3.80. The van der Waals surface area contributed by atoms with Gasteiger partial charge in [-0.1, -0.05) is 36.4 Å². The highest BCUT2D eigenvalue weighted by molar-refractivity contribution is 5.43. The van der Waals surface area contributed by atoms with Gasteiger partial charge in [0.1, 0.15) is 5.82 Å². The Balaban J connectivity index is 1.84. The fourth-order valence-corrected chi connectivity index (χ4v) is 2.20. The molecule has 0 radical (unpaired) electrons. The highest BCUT2D eigenvalue weighted by Crippen LogP contribution is 2.23. The molecule has 6 heteroatoms. The van der Waals surface area contributed by atoms with Gasteiger partial charge in [-0.3, -0.25) is 0 Å². The van der Waals surface area contributed by atoms with Gasteiger partial charge in [0.2, 0.25) is 0 Å². The van der Waals surface area contributed by atoms with Gasteiger partial charge in [-0.15, -0.1) is 21.4 Å². The summed E-state index contributed by atoms with van der Waals surface area (Å²) in [6, 6.07) is 14.2. The standard InChI is InChI=1S/C15H16N6/c1-2-3-9-13(12-7-5-4-6-8-12)16-14-10-11-15-17-19-20-21(15)18-14/h2,4-8,10-11,13H,1,3,9H2,(H,16,18). The summed E-state index contributed by atoms with van der Waals surface area (Å²) in [6.45, 7) is 3.79. The van der Waals surface area contributed by atoms with Crippen molar-refractivity contribution in [1.82, 2.24) is 25.3 Å². The molecule has 106 valence electrons. The molecule has 1 unspecified atom stereocenters. The van der Waals surface area contributed by atoms with Crippen molar-refractivity contribution in [2.24, 2.45) is 0 Å². The first-order valence-corrected chi connectivity index (χ1v) is 6.84. The lowest BCUT2D eigenvalue weighted by Crippen LogP contribution is -2.13. The second-order valence-electron chi connectivity index (χ2n) is 4.72. The van der Waals surface area contributed by atoms with Crippen LogP contribution in [0.2, 0.25) is 0 Å². The van der Waals surface area contributed by atoms with Crippen molar-refractivity contribution < 1.29 is 0 Å². The largest absolute Gasteiger partial charge is 0.362 e. The Kier molecular flexibility index (Phi) is 3.86. The quantitative estimate of drug-likeness (QED) is 0.703. The minimum Gasteiger partial charge on any atom is -0.362 e. The van der Waals surface area contributed by atoms with E-state index >= 15 is 0 Å². The molecular weight excluding hydrogens is 264 g/mol. The molecule has 1 N–H and O–H groups in total. The lowest BCUT2D eigenvalue weighted by Gasteiger charge is -2.19. The molecule has 0 spiro atoms. The van der Waals surface area contributed by atoms with Crippen molar-refractivity contribution in [2.75, 3.05) is 5.32 Å². The number of rotatable bonds is 6. The van der Waals surface area contributed by atoms with Gasteiger partial charge in [-0.25, -0.2) is 0 Å². The number of fused-ring (bicyclic) bond motifs is 1. The van der Waals surface area contributed by atoms with Gasteiger partial charge in [0.25, 0.3) is 0 Å². The molecule has 0 fully saturated rings. The zero-order valence-corrected chi connectivity index (χ0v) is 11.6. The molecule has 0 aliphatic heterocycles. The summed E-state index contributed by atoms with van der Waals surface area (Å²) in [5.74, 6) is 0.743. The van der Waals surface area contributed by atoms with Gasteiger partial charge in [0, 0.05) is 0 Å². The van der Waals surface area contributed by atoms with Crippen molar-refractivity contribution in [3.63, 3.8) is 0 Å². The van der Waals surface area contributed by atoms with Crippen LogP contribution in [0.4, 0.5) is 5.82 Å². The van der Waals surface area contributed by atoms with E-state index in [0.29, 0.717) is 5.65 Å². The summed E-state index contributed by atoms with van der Waals surface area (Å²) < 4.78 is 1.41. The lowest BCUT2D eigenvalue weighted by atomic mass is 10.0. The molecule has 3 aromatic rings. The molecule has 6 nitrogen and oxygen atoms in total. The predicted molar refractivity (Wildman–Crippen MR) is 80.8 cm³/mol. The maximum absolute atomic E-state index is 4.35. The third-order valence-corrected chi connectivity index (χ3v) is 3.25. The number of nitrogens with one attached hydrogen (secondary N) is 1. The van der Waals surface area contributed by atoms with Crippen LogP contribution in [0.25, 0.3) is 5.65 Å². The fraction of sp³-hybridized carbons (Fsp3) is 0.200. The van der Waals surface area contributed by atoms with Gasteiger partial charge >= 0.3 is 0 Å². The van der Waals surface area contributed by atoms with Crippen LogP contribution in [0.5, 0.6) is 0 Å². The first-order valence-electron chi connectivity index (χ1n) is 6.84. The average molecular weight is 280 g/mol. The minimum atomic E-state index is 0.172. The van der Waals surface area contributed by atoms with Crippen LogP contribution in [0.3, 0.4) is 0 Å². The summed E-state index contributed by atoms with van der Waals surface area (Å²) in [7, 11) is 0. The zero-order valence-electron chi connectivity index (χ0n) is 11.6. The SMILES string of the molecule is C=CCCC(Nc1ccc2nnnn2n1)c1ccccc1. The van der Waals surface area contributed by atoms with Crippen LogP contribution >= 0.6 is 0 Å². The maximum Gasteiger partial charge on any atom is 0.200 e. The van der Waals surface area contributed by atoms with Gasteiger partial charge in [-0.05, 0) is 41.0 Å². The number of nitrogens with zero attached hydrogens (tertiary/aromatic N) is 5. The Hall–Kier alpha value is -2.76. The van der Waals surface area contributed by atoms with Crippen LogP contribution in [-0.4, -0.2) is 25.3 Å². The Bertz CT molecular complexity index is 721. The van der Waals surface area contributed by atoms with E-state index in [-0.39, 0.29) is 6.04 Å². The first-order chi connectivity index (χ1) is 10.4. The van der Waals surface area contributed by atoms with Crippen molar-refractivity contribution >= 4 is 11.5 Å². The van der Waals surface area contributed by atoms with Crippen molar-refractivity contribution in [1.29, 1.82) is 0 Å². The predicted octanol–water partition coefficient (Wildman–Crippen LogP) is 2.64. The lowest BCUT2D eigenvalue weighted by molar-refractivity contribution is 0.685. The number of hydrogen-bond donors (Lipinski definition) is 1. The summed E-state index contributed by atoms with van der Waals surface area (Å²) in [5, 5.41) is 19.0. The molecule has 0 saturated carbocycles. The van der Waals surface area contributed by atoms with Gasteiger partial charge in [0.05, 0.1) is 6.04 Å². The maximum atomic E-state index is 4.35. The Morgan fingerprint density at radius 2 is 2.05 bits per heavy atom. The van der Waals surface area contributed by atoms with Crippen LogP contribution in [0, 0.1) is 0 Å². The van der Waals surface area contributed by atoms with E-state index in [1.165, 1.54) is 10.2 Å². The highest BCUT2D eigenvalue weighted by atomic mass is 15.6. The molecule has 2 heterocycles. The number of allylic oxidation sites excluding steroid dienone is 1. The van der Waals surface area contributed by atoms with E-state index in [2.05, 4.69) is 44.7 Å². The topological polar surface area (TPSA) is 68.0 Å². The minimum absolute atomic E-state index is 0.172. The number of hydrogen-bond acceptors (Lipinski definition) is 5. The summed E-state index contributed by atoms with van der Waals surface area (Å²) in [4.78, 5) is 0. The number of benzene rings is 1. The Labute approximate surface area is 122 Å². The molecule has 1 atom stereocenters. The molecule has 0 amide bonds. The number of anilines is 1. The molecular formula is C15H16N6. The average Bonchev–Trinajstić information content (AvgIpc) is 3.00. The molecule has 0 bridgehead atoms. The Morgan fingerprint density at radius 3 is 2.86 bits per heavy atom. The van der Waals surface area contributed by atoms with E-state index in [4.69, 9.17) is 0 Å². The van der Waals surface area contributed by atoms with Crippen LogP contribution in [-0.2, 0) is 0 Å². The molecule has 0 aliphatic rings. The zero-order chi connectivity index (χ0) is 14.5. The molecule has 0 saturated heterocycles. The van der Waals surface area contributed by atoms with Crippen molar-refractivity contribution in [2.45, 2.75) is 18.9 Å². The second kappa shape index (κ2) is 6.13. The fourth-order valence-electron chi connectivity index (χ4n) is 2.20. The molecule has 0 aliphatic carbocycles. The highest BCUT2D eigenvalue weighted by Gasteiger charge is 2.11. The van der Waals surface area contributed by atoms with E-state index in [0.717, 1.165) is 18.7 Å². The van der Waals surface area contributed by atoms with E-state index < -0.39 is 0 Å². The normalized spacial score (nSPS) is 12.2. The number of tetrazole rings is 1. The number of aromatic nitrogens is 5. The third kappa shape index (κ3) is 3.05. The van der Waals surface area contributed by atoms with Gasteiger partial charge < -0.3 is 5.32 Å². The molecule has 3 rings (SSSR count). The Morgan fingerprint density at radius 1 is 1.19 bits per heavy atom. The second-order valence-corrected chi connectivity index (χ2v) is 4.72. The van der Waals surface area contributed by atoms with Crippen LogP contribution < -0.4 is 5.32 Å². The van der Waals surface area contributed by atoms with E-state index in [9.17, 15) is 0 Å². The molecule has 1 aromatic carbocycles. The van der Waals surface area contributed by atoms with Crippen LogP contribution in [0.1, 0.15) is 24.4 Å². The molecule has 2 aromatic heterocycles. The monoisotopic (exact) mass is 280 g/mol. The van der Waals surface area contributed by atoms with E-state index in [1.54, 1.807) is 0 Å². The van der Waals surface area contributed by atoms with Gasteiger partial charge in [-0.2, -0.15) is 0 Å². The first kappa shape index (κ1) is 13.2. The van der Waals surface area contributed by atoms with Crippen molar-refractivity contribution in [3.8, 4) is 0 Å². The summed E-state index contributed by atoms with van der Waals surface area (Å²) in [5.41, 5.74) is 1.85. The van der Waals surface area contributed by atoms with Crippen molar-refractivity contribution in [3.05, 3.63) is 60.7 Å². The summed E-state index contributed by atoms with van der Waals surface area (Å²) >= 11 is 0. The van der Waals surface area contributed by atoms with Crippen LogP contribution in [0.15, 0.2) is 55.1 Å². The van der Waals surface area contributed by atoms with Gasteiger partial charge in [0.15, 0.2) is 5.65 Å². The smallest absolute Gasteiger partial charge is 0.200 e. The molecule has 21 heavy (non-hydrogen) atoms.